The van der Waals surface area contributed by atoms with Gasteiger partial charge in [0, 0.05) is 34.9 Å². The van der Waals surface area contributed by atoms with E-state index in [0.717, 1.165) is 10.1 Å². The molecule has 1 aromatic heterocycles. The van der Waals surface area contributed by atoms with Crippen molar-refractivity contribution >= 4 is 40.7 Å². The zero-order valence-electron chi connectivity index (χ0n) is 15.3. The molecule has 1 N–H and O–H groups in total. The molecule has 0 spiro atoms. The van der Waals surface area contributed by atoms with Crippen molar-refractivity contribution in [2.75, 3.05) is 11.9 Å². The quantitative estimate of drug-likeness (QED) is 0.577. The van der Waals surface area contributed by atoms with E-state index >= 15 is 0 Å². The number of nitrogens with zero attached hydrogens (tertiary/aromatic N) is 2. The summed E-state index contributed by atoms with van der Waals surface area (Å²) in [6.07, 6.45) is 3.55. The van der Waals surface area contributed by atoms with Crippen LogP contribution in [0.5, 0.6) is 5.75 Å². The first kappa shape index (κ1) is 20.0. The van der Waals surface area contributed by atoms with Crippen LogP contribution in [-0.4, -0.2) is 27.8 Å². The Morgan fingerprint density at radius 3 is 2.79 bits per heavy atom. The third-order valence-corrected chi connectivity index (χ3v) is 5.19. The summed E-state index contributed by atoms with van der Waals surface area (Å²) in [7, 11) is 1.90. The summed E-state index contributed by atoms with van der Waals surface area (Å²) in [4.78, 5) is 28.9. The highest BCUT2D eigenvalue weighted by Gasteiger charge is 2.12. The molecule has 6 nitrogen and oxygen atoms in total. The standard InChI is InChI=1S/C20H18ClN3O3S/c1-13(25)14-4-3-5-16(10-14)27-12-19(26)23-17-11-15(21)6-7-18(17)28-20-22-8-9-24(20)2/h3-11H,12H2,1-2H3,(H,23,26). The number of nitrogens with one attached hydrogen (secondary N) is 1. The summed E-state index contributed by atoms with van der Waals surface area (Å²) in [5.74, 6) is 0.0542. The smallest absolute Gasteiger partial charge is 0.262 e. The number of benzene rings is 2. The first-order valence-corrected chi connectivity index (χ1v) is 9.60. The van der Waals surface area contributed by atoms with Gasteiger partial charge < -0.3 is 14.6 Å². The van der Waals surface area contributed by atoms with Gasteiger partial charge in [0.2, 0.25) is 0 Å². The minimum absolute atomic E-state index is 0.0650. The Hall–Kier alpha value is -2.77. The number of anilines is 1. The maximum absolute atomic E-state index is 12.4. The second-order valence-electron chi connectivity index (χ2n) is 5.98. The maximum Gasteiger partial charge on any atom is 0.262 e. The number of amides is 1. The molecular formula is C20H18ClN3O3S. The number of carbonyl (C=O) groups is 2. The molecule has 0 saturated carbocycles. The van der Waals surface area contributed by atoms with Crippen LogP contribution < -0.4 is 10.1 Å². The summed E-state index contributed by atoms with van der Waals surface area (Å²) >= 11 is 7.51. The van der Waals surface area contributed by atoms with E-state index < -0.39 is 0 Å². The van der Waals surface area contributed by atoms with Crippen molar-refractivity contribution in [1.82, 2.24) is 9.55 Å². The van der Waals surface area contributed by atoms with Gasteiger partial charge in [-0.3, -0.25) is 9.59 Å². The average Bonchev–Trinajstić information content (AvgIpc) is 3.07. The number of rotatable bonds is 7. The van der Waals surface area contributed by atoms with E-state index in [9.17, 15) is 9.59 Å². The molecular weight excluding hydrogens is 398 g/mol. The normalized spacial score (nSPS) is 10.5. The number of ketones is 1. The fourth-order valence-electron chi connectivity index (χ4n) is 2.38. The number of aromatic nitrogens is 2. The Balaban J connectivity index is 1.68. The van der Waals surface area contributed by atoms with Crippen LogP contribution in [0.15, 0.2) is 64.9 Å². The molecule has 1 amide bonds. The molecule has 0 aliphatic rings. The Labute approximate surface area is 171 Å². The summed E-state index contributed by atoms with van der Waals surface area (Å²) in [6.45, 7) is 1.28. The minimum atomic E-state index is -0.336. The van der Waals surface area contributed by atoms with E-state index in [1.54, 1.807) is 42.6 Å². The van der Waals surface area contributed by atoms with Crippen molar-refractivity contribution in [3.8, 4) is 5.75 Å². The molecule has 0 bridgehead atoms. The van der Waals surface area contributed by atoms with Crippen LogP contribution in [-0.2, 0) is 11.8 Å². The molecule has 0 aliphatic carbocycles. The zero-order chi connectivity index (χ0) is 20.1. The molecule has 144 valence electrons. The number of imidazole rings is 1. The molecule has 28 heavy (non-hydrogen) atoms. The maximum atomic E-state index is 12.4. The Bertz CT molecular complexity index is 1020. The Morgan fingerprint density at radius 1 is 1.25 bits per heavy atom. The van der Waals surface area contributed by atoms with Crippen LogP contribution >= 0.6 is 23.4 Å². The van der Waals surface area contributed by atoms with Crippen molar-refractivity contribution in [2.45, 2.75) is 17.0 Å². The highest BCUT2D eigenvalue weighted by Crippen LogP contribution is 2.34. The highest BCUT2D eigenvalue weighted by molar-refractivity contribution is 7.99. The first-order valence-electron chi connectivity index (χ1n) is 8.41. The third kappa shape index (κ3) is 5.15. The molecule has 0 fully saturated rings. The van der Waals surface area contributed by atoms with Crippen LogP contribution in [0.3, 0.4) is 0 Å². The summed E-state index contributed by atoms with van der Waals surface area (Å²) in [5, 5.41) is 4.11. The second-order valence-corrected chi connectivity index (χ2v) is 7.43. The largest absolute Gasteiger partial charge is 0.484 e. The molecule has 0 aliphatic heterocycles. The second kappa shape index (κ2) is 8.95. The van der Waals surface area contributed by atoms with Gasteiger partial charge in [0.05, 0.1) is 5.69 Å². The van der Waals surface area contributed by atoms with Gasteiger partial charge in [0.1, 0.15) is 5.75 Å². The number of halogens is 1. The van der Waals surface area contributed by atoms with Gasteiger partial charge in [-0.2, -0.15) is 0 Å². The van der Waals surface area contributed by atoms with Gasteiger partial charge >= 0.3 is 0 Å². The van der Waals surface area contributed by atoms with Crippen LogP contribution in [0, 0.1) is 0 Å². The van der Waals surface area contributed by atoms with E-state index in [1.807, 2.05) is 23.9 Å². The molecule has 2 aromatic carbocycles. The van der Waals surface area contributed by atoms with Gasteiger partial charge in [-0.15, -0.1) is 0 Å². The summed E-state index contributed by atoms with van der Waals surface area (Å²) in [5.41, 5.74) is 1.10. The zero-order valence-corrected chi connectivity index (χ0v) is 16.9. The Morgan fingerprint density at radius 2 is 2.07 bits per heavy atom. The molecule has 0 saturated heterocycles. The van der Waals surface area contributed by atoms with Crippen molar-refractivity contribution < 1.29 is 14.3 Å². The van der Waals surface area contributed by atoms with Crippen molar-refractivity contribution in [3.63, 3.8) is 0 Å². The van der Waals surface area contributed by atoms with E-state index in [0.29, 0.717) is 22.0 Å². The van der Waals surface area contributed by atoms with E-state index in [4.69, 9.17) is 16.3 Å². The number of aryl methyl sites for hydroxylation is 1. The molecule has 0 unspecified atom stereocenters. The van der Waals surface area contributed by atoms with Gasteiger partial charge in [-0.05, 0) is 49.0 Å². The number of hydrogen-bond donors (Lipinski definition) is 1. The average molecular weight is 416 g/mol. The van der Waals surface area contributed by atoms with Crippen LogP contribution in [0.4, 0.5) is 5.69 Å². The molecule has 0 atom stereocenters. The lowest BCUT2D eigenvalue weighted by molar-refractivity contribution is -0.118. The molecule has 3 aromatic rings. The fourth-order valence-corrected chi connectivity index (χ4v) is 3.42. The van der Waals surface area contributed by atoms with Crippen molar-refractivity contribution in [1.29, 1.82) is 0 Å². The lowest BCUT2D eigenvalue weighted by Gasteiger charge is -2.12. The van der Waals surface area contributed by atoms with Gasteiger partial charge in [0.25, 0.3) is 5.91 Å². The SMILES string of the molecule is CC(=O)c1cccc(OCC(=O)Nc2cc(Cl)ccc2Sc2nccn2C)c1. The van der Waals surface area contributed by atoms with Crippen molar-refractivity contribution in [2.24, 2.45) is 7.05 Å². The minimum Gasteiger partial charge on any atom is -0.484 e. The number of Topliss-reactive ketones (excluding diaryl/α,β-unsaturated/α-hetero) is 1. The number of carbonyl (C=O) groups excluding carboxylic acids is 2. The van der Waals surface area contributed by atoms with Crippen molar-refractivity contribution in [3.05, 3.63) is 65.4 Å². The number of hydrogen-bond acceptors (Lipinski definition) is 5. The predicted molar refractivity (Wildman–Crippen MR) is 109 cm³/mol. The molecule has 1 heterocycles. The van der Waals surface area contributed by atoms with Gasteiger partial charge in [-0.25, -0.2) is 4.98 Å². The monoisotopic (exact) mass is 415 g/mol. The van der Waals surface area contributed by atoms with Gasteiger partial charge in [0.15, 0.2) is 17.5 Å². The van der Waals surface area contributed by atoms with Gasteiger partial charge in [-0.1, -0.05) is 23.7 Å². The lowest BCUT2D eigenvalue weighted by atomic mass is 10.1. The third-order valence-electron chi connectivity index (χ3n) is 3.80. The van der Waals surface area contributed by atoms with Crippen LogP contribution in [0.1, 0.15) is 17.3 Å². The van der Waals surface area contributed by atoms with E-state index in [2.05, 4.69) is 10.3 Å². The Kier molecular flexibility index (Phi) is 6.38. The number of ether oxygens (including phenoxy) is 1. The lowest BCUT2D eigenvalue weighted by Crippen LogP contribution is -2.20. The molecule has 8 heteroatoms. The first-order chi connectivity index (χ1) is 13.4. The van der Waals surface area contributed by atoms with E-state index in [1.165, 1.54) is 18.7 Å². The fraction of sp³-hybridized carbons (Fsp3) is 0.150. The molecule has 0 radical (unpaired) electrons. The summed E-state index contributed by atoms with van der Waals surface area (Å²) in [6, 6.07) is 12.0. The van der Waals surface area contributed by atoms with E-state index in [-0.39, 0.29) is 18.3 Å². The van der Waals surface area contributed by atoms with Crippen LogP contribution in [0.25, 0.3) is 0 Å². The topological polar surface area (TPSA) is 73.2 Å². The highest BCUT2D eigenvalue weighted by atomic mass is 35.5. The predicted octanol–water partition coefficient (Wildman–Crippen LogP) is 4.44. The summed E-state index contributed by atoms with van der Waals surface area (Å²) < 4.78 is 7.39. The molecule has 3 rings (SSSR count). The van der Waals surface area contributed by atoms with Crippen LogP contribution in [0.2, 0.25) is 5.02 Å².